The van der Waals surface area contributed by atoms with E-state index in [1.807, 2.05) is 113 Å². The number of anilines is 1. The predicted molar refractivity (Wildman–Crippen MR) is 246 cm³/mol. The highest BCUT2D eigenvalue weighted by molar-refractivity contribution is 7.44. The maximum absolute atomic E-state index is 13.9. The molecule has 4 unspecified atom stereocenters. The number of carbonyl (C=O) groups excluding carboxylic acids is 3. The fourth-order valence-corrected chi connectivity index (χ4v) is 12.9. The number of nitrogens with one attached hydrogen (secondary N) is 1. The molecule has 2 N–H and O–H groups in total. The lowest BCUT2D eigenvalue weighted by Gasteiger charge is -2.38. The lowest BCUT2D eigenvalue weighted by atomic mass is 10.0. The summed E-state index contributed by atoms with van der Waals surface area (Å²) in [5, 5.41) is 2.50. The summed E-state index contributed by atoms with van der Waals surface area (Å²) in [6.45, 7) is 14.6. The zero-order valence-corrected chi connectivity index (χ0v) is 42.3. The van der Waals surface area contributed by atoms with Gasteiger partial charge in [0.2, 0.25) is 5.91 Å². The van der Waals surface area contributed by atoms with Crippen molar-refractivity contribution in [3.8, 4) is 0 Å². The van der Waals surface area contributed by atoms with Gasteiger partial charge in [-0.25, -0.2) is 9.46 Å². The maximum atomic E-state index is 13.9. The molecule has 0 saturated carbocycles. The minimum atomic E-state index is -4.67. The molecule has 1 fully saturated rings. The van der Waals surface area contributed by atoms with Crippen molar-refractivity contribution in [2.75, 3.05) is 45.5 Å². The predicted octanol–water partition coefficient (Wildman–Crippen LogP) is 5.41. The van der Waals surface area contributed by atoms with Crippen LogP contribution in [0, 0.1) is 0 Å². The standard InChI is InChI=1S/C43H65N4O16PSi2/c1-29(2)47(30(3)4)64(53-8)61-39-36(28-58-66(52,63-65(9,10)11)62-38(34-18-14-12-15-19-34)35-20-16-13-17-21-35)59-41(46-23-22-37(44-31(5)48)45-42(46)51)40(39)60-43(56-26-24-54-32(6)49)57-27-25-55-33(7)50/h12-23,29-30,36,38-41,43,52H,24-28H2,1-11H3,(H,44,45,48,51)/t36-,39?,40?,41-,64?,66?/m1/s1. The second kappa shape index (κ2) is 26.1. The summed E-state index contributed by atoms with van der Waals surface area (Å²) in [5.74, 6) is -1.54. The first-order valence-electron chi connectivity index (χ1n) is 21.5. The van der Waals surface area contributed by atoms with Gasteiger partial charge in [0.15, 0.2) is 14.5 Å². The zero-order chi connectivity index (χ0) is 48.6. The van der Waals surface area contributed by atoms with Crippen LogP contribution in [0.4, 0.5) is 5.82 Å². The fourth-order valence-electron chi connectivity index (χ4n) is 6.77. The first kappa shape index (κ1) is 54.8. The van der Waals surface area contributed by atoms with Crippen molar-refractivity contribution in [2.24, 2.45) is 0 Å². The van der Waals surface area contributed by atoms with Crippen LogP contribution in [0.2, 0.25) is 19.6 Å². The quantitative estimate of drug-likeness (QED) is 0.0321. The van der Waals surface area contributed by atoms with Gasteiger partial charge in [-0.1, -0.05) is 60.7 Å². The van der Waals surface area contributed by atoms with Gasteiger partial charge < -0.3 is 60.5 Å². The fraction of sp³-hybridized carbons (Fsp3) is 0.558. The number of hydrogen-bond acceptors (Lipinski definition) is 18. The average Bonchev–Trinajstić information content (AvgIpc) is 3.56. The number of amides is 1. The summed E-state index contributed by atoms with van der Waals surface area (Å²) in [7, 11) is -7.72. The zero-order valence-electron chi connectivity index (χ0n) is 39.4. The Balaban J connectivity index is 1.85. The van der Waals surface area contributed by atoms with Crippen LogP contribution in [-0.4, -0.2) is 131 Å². The van der Waals surface area contributed by atoms with Crippen LogP contribution in [0.5, 0.6) is 0 Å². The molecule has 1 amide bonds. The average molecular weight is 981 g/mol. The second-order valence-electron chi connectivity index (χ2n) is 16.5. The first-order valence-corrected chi connectivity index (χ1v) is 27.7. The molecular weight excluding hydrogens is 916 g/mol. The minimum Gasteiger partial charge on any atom is -0.463 e. The van der Waals surface area contributed by atoms with Crippen LogP contribution in [-0.2, 0) is 64.8 Å². The highest BCUT2D eigenvalue weighted by Crippen LogP contribution is 2.50. The summed E-state index contributed by atoms with van der Waals surface area (Å²) >= 11 is 0. The van der Waals surface area contributed by atoms with E-state index in [0.717, 1.165) is 15.7 Å². The molecule has 20 nitrogen and oxygen atoms in total. The molecule has 1 aliphatic heterocycles. The molecule has 0 radical (unpaired) electrons. The van der Waals surface area contributed by atoms with Gasteiger partial charge in [0.05, 0.1) is 19.8 Å². The van der Waals surface area contributed by atoms with E-state index in [2.05, 4.69) is 10.3 Å². The van der Waals surface area contributed by atoms with E-state index in [9.17, 15) is 24.0 Å². The number of ether oxygens (including phenoxy) is 6. The van der Waals surface area contributed by atoms with Crippen molar-refractivity contribution in [3.05, 3.63) is 94.5 Å². The summed E-state index contributed by atoms with van der Waals surface area (Å²) in [6, 6.07) is 20.0. The Labute approximate surface area is 389 Å². The first-order chi connectivity index (χ1) is 31.2. The largest absolute Gasteiger partial charge is 0.667 e. The molecule has 0 bridgehead atoms. The highest BCUT2D eigenvalue weighted by atomic mass is 31.2. The van der Waals surface area contributed by atoms with E-state index in [-0.39, 0.29) is 44.3 Å². The molecule has 366 valence electrons. The molecule has 66 heavy (non-hydrogen) atoms. The van der Waals surface area contributed by atoms with Gasteiger partial charge in [-0.2, -0.15) is 4.98 Å². The number of carbonyl (C=O) groups is 3. The number of esters is 2. The van der Waals surface area contributed by atoms with Gasteiger partial charge in [-0.15, -0.1) is 0 Å². The monoisotopic (exact) mass is 980 g/mol. The third-order valence-corrected chi connectivity index (χ3v) is 15.8. The Morgan fingerprint density at radius 3 is 1.85 bits per heavy atom. The molecule has 1 aliphatic rings. The Morgan fingerprint density at radius 1 is 0.848 bits per heavy atom. The molecule has 4 rings (SSSR count). The number of hydrogen-bond donors (Lipinski definition) is 2. The molecule has 0 aliphatic carbocycles. The van der Waals surface area contributed by atoms with E-state index in [1.54, 1.807) is 0 Å². The summed E-state index contributed by atoms with van der Waals surface area (Å²) in [4.78, 5) is 65.5. The summed E-state index contributed by atoms with van der Waals surface area (Å²) < 4.78 is 70.8. The Bertz CT molecular complexity index is 1970. The normalized spacial score (nSPS) is 19.1. The summed E-state index contributed by atoms with van der Waals surface area (Å²) in [6.07, 6.45) is -4.53. The SMILES string of the molecule is COP(OC1C(OC(OCCOC(C)=O)OCCOC(C)=O)[C@H](n2ccc(NC(C)=O)nc2=O)O[C@@H]1CO[Si](O)(OC(c1ccccc1)c1ccccc1)O[Si](C)(C)C)N(C(C)C)C(C)C. The van der Waals surface area contributed by atoms with E-state index in [0.29, 0.717) is 0 Å². The molecule has 1 saturated heterocycles. The second-order valence-corrected chi connectivity index (χ2v) is 24.6. The summed E-state index contributed by atoms with van der Waals surface area (Å²) in [5.41, 5.74) is 0.633. The lowest BCUT2D eigenvalue weighted by Crippen LogP contribution is -2.55. The van der Waals surface area contributed by atoms with Crippen molar-refractivity contribution in [1.82, 2.24) is 14.2 Å². The number of aromatic nitrogens is 2. The van der Waals surface area contributed by atoms with Crippen molar-refractivity contribution >= 4 is 49.6 Å². The number of rotatable bonds is 27. The van der Waals surface area contributed by atoms with Gasteiger partial charge in [0, 0.05) is 46.2 Å². The Morgan fingerprint density at radius 2 is 1.39 bits per heavy atom. The van der Waals surface area contributed by atoms with Crippen LogP contribution >= 0.6 is 8.53 Å². The van der Waals surface area contributed by atoms with Crippen LogP contribution in [0.25, 0.3) is 0 Å². The van der Waals surface area contributed by atoms with Crippen LogP contribution < -0.4 is 11.0 Å². The van der Waals surface area contributed by atoms with Crippen molar-refractivity contribution in [3.63, 3.8) is 0 Å². The Hall–Kier alpha value is -3.85. The minimum absolute atomic E-state index is 0.0112. The number of benzene rings is 2. The van der Waals surface area contributed by atoms with Gasteiger partial charge in [0.25, 0.3) is 15.0 Å². The van der Waals surface area contributed by atoms with Crippen LogP contribution in [0.15, 0.2) is 77.7 Å². The molecule has 0 spiro atoms. The van der Waals surface area contributed by atoms with E-state index < -0.39 is 93.2 Å². The van der Waals surface area contributed by atoms with E-state index in [1.165, 1.54) is 40.1 Å². The molecule has 6 atom stereocenters. The third kappa shape index (κ3) is 17.3. The molecule has 3 aromatic rings. The van der Waals surface area contributed by atoms with Gasteiger partial charge in [0.1, 0.15) is 43.4 Å². The number of nitrogens with zero attached hydrogens (tertiary/aromatic N) is 3. The van der Waals surface area contributed by atoms with Gasteiger partial charge in [-0.05, 0) is 64.5 Å². The molecule has 2 aromatic carbocycles. The molecule has 23 heteroatoms. The van der Waals surface area contributed by atoms with Crippen LogP contribution in [0.1, 0.15) is 71.9 Å². The smallest absolute Gasteiger partial charge is 0.463 e. The van der Waals surface area contributed by atoms with E-state index >= 15 is 0 Å². The van der Waals surface area contributed by atoms with Gasteiger partial charge in [-0.3, -0.25) is 19.0 Å². The topological polar surface area (TPSA) is 223 Å². The lowest BCUT2D eigenvalue weighted by molar-refractivity contribution is -0.320. The van der Waals surface area contributed by atoms with Crippen molar-refractivity contribution < 1.29 is 69.6 Å². The third-order valence-electron chi connectivity index (χ3n) is 9.20. The van der Waals surface area contributed by atoms with Gasteiger partial charge >= 0.3 is 26.7 Å². The highest BCUT2D eigenvalue weighted by Gasteiger charge is 2.54. The van der Waals surface area contributed by atoms with Crippen molar-refractivity contribution in [2.45, 2.75) is 117 Å². The molecule has 2 heterocycles. The van der Waals surface area contributed by atoms with Crippen molar-refractivity contribution in [1.29, 1.82) is 0 Å². The molecular formula is C43H65N4O16PSi2. The maximum Gasteiger partial charge on any atom is 0.667 e. The molecule has 1 aromatic heterocycles. The Kier molecular flexibility index (Phi) is 21.6. The van der Waals surface area contributed by atoms with Crippen LogP contribution in [0.3, 0.4) is 0 Å². The van der Waals surface area contributed by atoms with E-state index in [4.69, 9.17) is 50.4 Å².